The lowest BCUT2D eigenvalue weighted by molar-refractivity contribution is -0.136. The van der Waals surface area contributed by atoms with Crippen LogP contribution >= 0.6 is 0 Å². The summed E-state index contributed by atoms with van der Waals surface area (Å²) in [5.74, 6) is -1.19. The number of rotatable bonds is 5. The van der Waals surface area contributed by atoms with Crippen LogP contribution in [0.5, 0.6) is 0 Å². The Bertz CT molecular complexity index is 398. The van der Waals surface area contributed by atoms with Gasteiger partial charge in [0.05, 0.1) is 0 Å². The van der Waals surface area contributed by atoms with Crippen molar-refractivity contribution in [2.75, 3.05) is 11.4 Å². The molecular weight excluding hydrogens is 218 g/mol. The van der Waals surface area contributed by atoms with Gasteiger partial charge < -0.3 is 10.0 Å². The Morgan fingerprint density at radius 1 is 1.18 bits per heavy atom. The minimum absolute atomic E-state index is 0.184. The van der Waals surface area contributed by atoms with Crippen LogP contribution in [-0.4, -0.2) is 23.5 Å². The average Bonchev–Trinajstić information content (AvgIpc) is 2.35. The van der Waals surface area contributed by atoms with Crippen LogP contribution < -0.4 is 4.90 Å². The molecule has 92 valence electrons. The molecule has 0 radical (unpaired) electrons. The summed E-state index contributed by atoms with van der Waals surface area (Å²) in [6, 6.07) is 7.39. The molecular formula is C13H17NO3. The molecule has 4 nitrogen and oxygen atoms in total. The second-order valence-electron chi connectivity index (χ2n) is 3.75. The van der Waals surface area contributed by atoms with Crippen molar-refractivity contribution in [2.45, 2.75) is 26.7 Å². The molecule has 17 heavy (non-hydrogen) atoms. The lowest BCUT2D eigenvalue weighted by Crippen LogP contribution is -2.35. The van der Waals surface area contributed by atoms with Gasteiger partial charge in [-0.1, -0.05) is 26.0 Å². The van der Waals surface area contributed by atoms with Crippen molar-refractivity contribution in [3.05, 3.63) is 29.8 Å². The van der Waals surface area contributed by atoms with E-state index in [1.54, 1.807) is 19.1 Å². The van der Waals surface area contributed by atoms with E-state index < -0.39 is 5.97 Å². The molecule has 0 unspecified atom stereocenters. The van der Waals surface area contributed by atoms with E-state index in [1.165, 1.54) is 4.90 Å². The zero-order chi connectivity index (χ0) is 12.8. The Hall–Kier alpha value is -1.84. The average molecular weight is 235 g/mol. The lowest BCUT2D eigenvalue weighted by atomic mass is 10.1. The molecule has 0 aliphatic heterocycles. The zero-order valence-corrected chi connectivity index (χ0v) is 10.1. The Balaban J connectivity index is 2.95. The predicted octanol–water partition coefficient (Wildman–Crippen LogP) is 2.08. The van der Waals surface area contributed by atoms with E-state index in [4.69, 9.17) is 5.11 Å². The molecule has 0 atom stereocenters. The van der Waals surface area contributed by atoms with Crippen molar-refractivity contribution in [3.63, 3.8) is 0 Å². The third-order valence-corrected chi connectivity index (χ3v) is 2.55. The van der Waals surface area contributed by atoms with Gasteiger partial charge in [-0.25, -0.2) is 0 Å². The van der Waals surface area contributed by atoms with E-state index in [2.05, 4.69) is 0 Å². The maximum atomic E-state index is 11.7. The highest BCUT2D eigenvalue weighted by Crippen LogP contribution is 2.16. The van der Waals surface area contributed by atoms with E-state index in [0.29, 0.717) is 12.1 Å². The van der Waals surface area contributed by atoms with Gasteiger partial charge in [0.15, 0.2) is 0 Å². The van der Waals surface area contributed by atoms with Crippen LogP contribution in [0.2, 0.25) is 0 Å². The normalized spacial score (nSPS) is 10.0. The number of carbonyl (C=O) groups is 2. The van der Waals surface area contributed by atoms with Crippen LogP contribution in [0.25, 0.3) is 0 Å². The number of benzene rings is 1. The maximum absolute atomic E-state index is 11.7. The first-order valence-electron chi connectivity index (χ1n) is 5.69. The van der Waals surface area contributed by atoms with Gasteiger partial charge in [-0.15, -0.1) is 0 Å². The molecule has 1 amide bonds. The second kappa shape index (κ2) is 6.03. The van der Waals surface area contributed by atoms with Crippen molar-refractivity contribution < 1.29 is 14.7 Å². The molecule has 0 aliphatic carbocycles. The number of hydrogen-bond acceptors (Lipinski definition) is 2. The van der Waals surface area contributed by atoms with Crippen molar-refractivity contribution >= 4 is 17.6 Å². The molecule has 0 fully saturated rings. The van der Waals surface area contributed by atoms with Crippen LogP contribution in [0, 0.1) is 0 Å². The van der Waals surface area contributed by atoms with Crippen molar-refractivity contribution in [1.82, 2.24) is 0 Å². The fraction of sp³-hybridized carbons (Fsp3) is 0.385. The first-order chi connectivity index (χ1) is 8.08. The molecule has 0 spiro atoms. The smallest absolute Gasteiger partial charge is 0.323 e. The second-order valence-corrected chi connectivity index (χ2v) is 3.75. The maximum Gasteiger partial charge on any atom is 0.323 e. The number of aryl methyl sites for hydroxylation is 1. The van der Waals surface area contributed by atoms with Gasteiger partial charge >= 0.3 is 5.97 Å². The third-order valence-electron chi connectivity index (χ3n) is 2.55. The number of carboxylic acid groups (broad SMARTS) is 1. The van der Waals surface area contributed by atoms with E-state index in [9.17, 15) is 9.59 Å². The molecule has 0 aliphatic rings. The number of nitrogens with zero attached hydrogens (tertiary/aromatic N) is 1. The van der Waals surface area contributed by atoms with E-state index in [0.717, 1.165) is 12.0 Å². The van der Waals surface area contributed by atoms with Crippen LogP contribution in [0.4, 0.5) is 5.69 Å². The van der Waals surface area contributed by atoms with Crippen molar-refractivity contribution in [2.24, 2.45) is 0 Å². The SMILES string of the molecule is CCC(=O)N(CC(=O)O)c1ccc(CC)cc1. The van der Waals surface area contributed by atoms with Crippen molar-refractivity contribution in [3.8, 4) is 0 Å². The number of aliphatic carboxylic acids is 1. The molecule has 0 aromatic heterocycles. The van der Waals surface area contributed by atoms with Gasteiger partial charge in [0, 0.05) is 12.1 Å². The van der Waals surface area contributed by atoms with E-state index >= 15 is 0 Å². The Morgan fingerprint density at radius 2 is 1.76 bits per heavy atom. The summed E-state index contributed by atoms with van der Waals surface area (Å²) in [5.41, 5.74) is 1.80. The topological polar surface area (TPSA) is 57.6 Å². The number of carbonyl (C=O) groups excluding carboxylic acids is 1. The third kappa shape index (κ3) is 3.59. The van der Waals surface area contributed by atoms with Gasteiger partial charge in [0.2, 0.25) is 5.91 Å². The summed E-state index contributed by atoms with van der Waals surface area (Å²) in [7, 11) is 0. The highest BCUT2D eigenvalue weighted by Gasteiger charge is 2.16. The Labute approximate surface area is 101 Å². The summed E-state index contributed by atoms with van der Waals surface area (Å²) >= 11 is 0. The van der Waals surface area contributed by atoms with Crippen LogP contribution in [0.1, 0.15) is 25.8 Å². The number of carboxylic acids is 1. The highest BCUT2D eigenvalue weighted by atomic mass is 16.4. The molecule has 0 bridgehead atoms. The molecule has 0 heterocycles. The lowest BCUT2D eigenvalue weighted by Gasteiger charge is -2.20. The summed E-state index contributed by atoms with van der Waals surface area (Å²) in [5, 5.41) is 8.80. The van der Waals surface area contributed by atoms with Gasteiger partial charge in [-0.3, -0.25) is 9.59 Å². The fourth-order valence-corrected chi connectivity index (χ4v) is 1.56. The predicted molar refractivity (Wildman–Crippen MR) is 66.1 cm³/mol. The largest absolute Gasteiger partial charge is 0.480 e. The summed E-state index contributed by atoms with van der Waals surface area (Å²) in [6.45, 7) is 3.47. The van der Waals surface area contributed by atoms with E-state index in [-0.39, 0.29) is 12.5 Å². The molecule has 1 rings (SSSR count). The number of amides is 1. The Kier molecular flexibility index (Phi) is 4.69. The fourth-order valence-electron chi connectivity index (χ4n) is 1.56. The first-order valence-corrected chi connectivity index (χ1v) is 5.69. The zero-order valence-electron chi connectivity index (χ0n) is 10.1. The number of anilines is 1. The number of hydrogen-bond donors (Lipinski definition) is 1. The van der Waals surface area contributed by atoms with Crippen LogP contribution in [0.3, 0.4) is 0 Å². The standard InChI is InChI=1S/C13H17NO3/c1-3-10-5-7-11(8-6-10)14(9-13(16)17)12(15)4-2/h5-8H,3-4,9H2,1-2H3,(H,16,17). The summed E-state index contributed by atoms with van der Waals surface area (Å²) in [4.78, 5) is 23.7. The first kappa shape index (κ1) is 13.2. The molecule has 1 aromatic rings. The van der Waals surface area contributed by atoms with Gasteiger partial charge in [0.25, 0.3) is 0 Å². The molecule has 0 saturated heterocycles. The van der Waals surface area contributed by atoms with E-state index in [1.807, 2.05) is 19.1 Å². The minimum Gasteiger partial charge on any atom is -0.480 e. The quantitative estimate of drug-likeness (QED) is 0.850. The molecule has 1 N–H and O–H groups in total. The van der Waals surface area contributed by atoms with Crippen LogP contribution in [0.15, 0.2) is 24.3 Å². The monoisotopic (exact) mass is 235 g/mol. The molecule has 4 heteroatoms. The van der Waals surface area contributed by atoms with Gasteiger partial charge in [-0.05, 0) is 24.1 Å². The van der Waals surface area contributed by atoms with Gasteiger partial charge in [0.1, 0.15) is 6.54 Å². The molecule has 1 aromatic carbocycles. The summed E-state index contributed by atoms with van der Waals surface area (Å²) < 4.78 is 0. The van der Waals surface area contributed by atoms with Crippen LogP contribution in [-0.2, 0) is 16.0 Å². The Morgan fingerprint density at radius 3 is 2.18 bits per heavy atom. The van der Waals surface area contributed by atoms with Crippen molar-refractivity contribution in [1.29, 1.82) is 0 Å². The highest BCUT2D eigenvalue weighted by molar-refractivity contribution is 5.97. The van der Waals surface area contributed by atoms with Gasteiger partial charge in [-0.2, -0.15) is 0 Å². The summed E-state index contributed by atoms with van der Waals surface area (Å²) in [6.07, 6.45) is 1.21. The molecule has 0 saturated carbocycles. The minimum atomic E-state index is -1.01.